The molecule has 2 heterocycles. The highest BCUT2D eigenvalue weighted by Crippen LogP contribution is 2.32. The zero-order valence-corrected chi connectivity index (χ0v) is 17.5. The molecular formula is C24H26N2O5. The minimum absolute atomic E-state index is 0.152. The van der Waals surface area contributed by atoms with Crippen molar-refractivity contribution in [1.82, 2.24) is 10.3 Å². The van der Waals surface area contributed by atoms with Crippen LogP contribution in [0.4, 0.5) is 0 Å². The monoisotopic (exact) mass is 422 g/mol. The molecule has 31 heavy (non-hydrogen) atoms. The van der Waals surface area contributed by atoms with Crippen molar-refractivity contribution in [2.24, 2.45) is 0 Å². The largest absolute Gasteiger partial charge is 0.467 e. The Kier molecular flexibility index (Phi) is 6.40. The third-order valence-electron chi connectivity index (χ3n) is 5.48. The van der Waals surface area contributed by atoms with E-state index in [0.29, 0.717) is 12.8 Å². The molecule has 7 nitrogen and oxygen atoms in total. The van der Waals surface area contributed by atoms with E-state index in [1.165, 1.54) is 7.11 Å². The number of aromatic amines is 1. The molecular weight excluding hydrogens is 396 g/mol. The number of fused-ring (bicyclic) bond motifs is 2. The van der Waals surface area contributed by atoms with Crippen molar-refractivity contribution in [3.63, 3.8) is 0 Å². The lowest BCUT2D eigenvalue weighted by Gasteiger charge is -2.16. The summed E-state index contributed by atoms with van der Waals surface area (Å²) in [6.07, 6.45) is 5.03. The lowest BCUT2D eigenvalue weighted by atomic mass is 10.0. The van der Waals surface area contributed by atoms with Gasteiger partial charge in [0, 0.05) is 29.9 Å². The number of carbonyl (C=O) groups is 2. The van der Waals surface area contributed by atoms with Gasteiger partial charge < -0.3 is 24.5 Å². The van der Waals surface area contributed by atoms with E-state index >= 15 is 0 Å². The molecule has 0 bridgehead atoms. The van der Waals surface area contributed by atoms with Gasteiger partial charge in [0.2, 0.25) is 12.7 Å². The highest BCUT2D eigenvalue weighted by atomic mass is 16.7. The molecule has 7 heteroatoms. The summed E-state index contributed by atoms with van der Waals surface area (Å²) in [7, 11) is 1.34. The highest BCUT2D eigenvalue weighted by molar-refractivity contribution is 5.87. The Balaban J connectivity index is 1.28. The molecule has 1 aromatic heterocycles. The van der Waals surface area contributed by atoms with E-state index in [9.17, 15) is 9.59 Å². The SMILES string of the molecule is COC(=O)C(Cc1c[nH]c2ccccc12)NC(=O)CCCCc1ccc2c(c1)OCO2. The summed E-state index contributed by atoms with van der Waals surface area (Å²) in [5, 5.41) is 3.88. The van der Waals surface area contributed by atoms with Crippen LogP contribution in [0.1, 0.15) is 30.4 Å². The molecule has 0 saturated carbocycles. The third kappa shape index (κ3) is 4.99. The van der Waals surface area contributed by atoms with Gasteiger partial charge in [-0.25, -0.2) is 4.79 Å². The number of aromatic nitrogens is 1. The average Bonchev–Trinajstić information content (AvgIpc) is 3.42. The lowest BCUT2D eigenvalue weighted by Crippen LogP contribution is -2.43. The van der Waals surface area contributed by atoms with E-state index in [2.05, 4.69) is 10.3 Å². The Hall–Kier alpha value is -3.48. The number of benzene rings is 2. The smallest absolute Gasteiger partial charge is 0.328 e. The fourth-order valence-electron chi connectivity index (χ4n) is 3.83. The molecule has 0 spiro atoms. The Labute approximate surface area is 180 Å². The molecule has 1 aliphatic heterocycles. The first-order valence-electron chi connectivity index (χ1n) is 10.4. The van der Waals surface area contributed by atoms with Crippen molar-refractivity contribution in [2.45, 2.75) is 38.1 Å². The van der Waals surface area contributed by atoms with E-state index < -0.39 is 12.0 Å². The van der Waals surface area contributed by atoms with Crippen molar-refractivity contribution in [2.75, 3.05) is 13.9 Å². The number of nitrogens with one attached hydrogen (secondary N) is 2. The molecule has 3 aromatic rings. The van der Waals surface area contributed by atoms with Gasteiger partial charge >= 0.3 is 5.97 Å². The summed E-state index contributed by atoms with van der Waals surface area (Å²) in [5.41, 5.74) is 3.11. The minimum atomic E-state index is -0.717. The van der Waals surface area contributed by atoms with Gasteiger partial charge in [-0.2, -0.15) is 0 Å². The van der Waals surface area contributed by atoms with Crippen LogP contribution in [0.15, 0.2) is 48.7 Å². The summed E-state index contributed by atoms with van der Waals surface area (Å²) >= 11 is 0. The first kappa shape index (κ1) is 20.8. The van der Waals surface area contributed by atoms with Crippen LogP contribution < -0.4 is 14.8 Å². The summed E-state index contributed by atoms with van der Waals surface area (Å²) in [6, 6.07) is 13.1. The van der Waals surface area contributed by atoms with Crippen LogP contribution in [0.2, 0.25) is 0 Å². The van der Waals surface area contributed by atoms with Crippen LogP contribution in [-0.2, 0) is 27.2 Å². The van der Waals surface area contributed by atoms with Crippen LogP contribution in [0.3, 0.4) is 0 Å². The number of hydrogen-bond donors (Lipinski definition) is 2. The van der Waals surface area contributed by atoms with Crippen molar-refractivity contribution < 1.29 is 23.8 Å². The Morgan fingerprint density at radius 3 is 2.84 bits per heavy atom. The number of aryl methyl sites for hydroxylation is 1. The van der Waals surface area contributed by atoms with E-state index in [4.69, 9.17) is 14.2 Å². The summed E-state index contributed by atoms with van der Waals surface area (Å²) < 4.78 is 15.6. The fourth-order valence-corrected chi connectivity index (χ4v) is 3.83. The predicted octanol–water partition coefficient (Wildman–Crippen LogP) is 3.51. The van der Waals surface area contributed by atoms with Crippen LogP contribution in [0.5, 0.6) is 11.5 Å². The van der Waals surface area contributed by atoms with Gasteiger partial charge in [-0.05, 0) is 48.6 Å². The number of hydrogen-bond acceptors (Lipinski definition) is 5. The number of amides is 1. The van der Waals surface area contributed by atoms with Crippen molar-refractivity contribution in [3.05, 3.63) is 59.8 Å². The van der Waals surface area contributed by atoms with Crippen molar-refractivity contribution >= 4 is 22.8 Å². The van der Waals surface area contributed by atoms with Crippen LogP contribution in [0, 0.1) is 0 Å². The van der Waals surface area contributed by atoms with E-state index in [1.54, 1.807) is 0 Å². The molecule has 0 saturated heterocycles. The van der Waals surface area contributed by atoms with Gasteiger partial charge in [-0.3, -0.25) is 4.79 Å². The molecule has 2 N–H and O–H groups in total. The second-order valence-electron chi connectivity index (χ2n) is 7.60. The lowest BCUT2D eigenvalue weighted by molar-refractivity contribution is -0.145. The van der Waals surface area contributed by atoms with Gasteiger partial charge in [-0.15, -0.1) is 0 Å². The maximum Gasteiger partial charge on any atom is 0.328 e. The molecule has 1 unspecified atom stereocenters. The zero-order chi connectivity index (χ0) is 21.6. The predicted molar refractivity (Wildman–Crippen MR) is 116 cm³/mol. The molecule has 0 aliphatic carbocycles. The fraction of sp³-hybridized carbons (Fsp3) is 0.333. The molecule has 0 radical (unpaired) electrons. The van der Waals surface area contributed by atoms with Crippen LogP contribution >= 0.6 is 0 Å². The van der Waals surface area contributed by atoms with Gasteiger partial charge in [0.05, 0.1) is 7.11 Å². The standard InChI is InChI=1S/C24H26N2O5/c1-29-24(28)20(13-17-14-25-19-8-4-3-7-18(17)19)26-23(27)9-5-2-6-16-10-11-21-22(12-16)31-15-30-21/h3-4,7-8,10-12,14,20,25H,2,5-6,9,13,15H2,1H3,(H,26,27). The molecule has 2 aromatic carbocycles. The summed E-state index contributed by atoms with van der Waals surface area (Å²) in [6.45, 7) is 0.263. The number of carbonyl (C=O) groups excluding carboxylic acids is 2. The zero-order valence-electron chi connectivity index (χ0n) is 17.5. The van der Waals surface area contributed by atoms with Crippen LogP contribution in [0.25, 0.3) is 10.9 Å². The molecule has 1 atom stereocenters. The summed E-state index contributed by atoms with van der Waals surface area (Å²) in [4.78, 5) is 27.9. The third-order valence-corrected chi connectivity index (χ3v) is 5.48. The molecule has 162 valence electrons. The molecule has 0 fully saturated rings. The number of para-hydroxylation sites is 1. The second-order valence-corrected chi connectivity index (χ2v) is 7.60. The number of ether oxygens (including phenoxy) is 3. The quantitative estimate of drug-likeness (QED) is 0.407. The number of esters is 1. The molecule has 4 rings (SSSR count). The molecule has 1 amide bonds. The second kappa shape index (κ2) is 9.55. The Morgan fingerprint density at radius 1 is 1.13 bits per heavy atom. The van der Waals surface area contributed by atoms with Crippen LogP contribution in [-0.4, -0.2) is 36.8 Å². The maximum absolute atomic E-state index is 12.5. The number of rotatable bonds is 9. The van der Waals surface area contributed by atoms with Crippen molar-refractivity contribution in [1.29, 1.82) is 0 Å². The van der Waals surface area contributed by atoms with E-state index in [1.807, 2.05) is 48.7 Å². The highest BCUT2D eigenvalue weighted by Gasteiger charge is 2.23. The Morgan fingerprint density at radius 2 is 1.97 bits per heavy atom. The first-order chi connectivity index (χ1) is 15.1. The van der Waals surface area contributed by atoms with E-state index in [0.717, 1.165) is 52.8 Å². The number of methoxy groups -OCH3 is 1. The average molecular weight is 422 g/mol. The molecule has 1 aliphatic rings. The Bertz CT molecular complexity index is 1070. The van der Waals surface area contributed by atoms with Gasteiger partial charge in [0.15, 0.2) is 11.5 Å². The van der Waals surface area contributed by atoms with Gasteiger partial charge in [0.25, 0.3) is 0 Å². The van der Waals surface area contributed by atoms with Gasteiger partial charge in [0.1, 0.15) is 6.04 Å². The van der Waals surface area contributed by atoms with Crippen molar-refractivity contribution in [3.8, 4) is 11.5 Å². The first-order valence-corrected chi connectivity index (χ1v) is 10.4. The van der Waals surface area contributed by atoms with E-state index in [-0.39, 0.29) is 12.7 Å². The number of unbranched alkanes of at least 4 members (excludes halogenated alkanes) is 1. The summed E-state index contributed by atoms with van der Waals surface area (Å²) in [5.74, 6) is 0.945. The van der Waals surface area contributed by atoms with Gasteiger partial charge in [-0.1, -0.05) is 24.3 Å². The minimum Gasteiger partial charge on any atom is -0.467 e. The topological polar surface area (TPSA) is 89.7 Å². The normalized spacial score (nSPS) is 13.2. The maximum atomic E-state index is 12.5. The number of H-pyrrole nitrogens is 1.